The van der Waals surface area contributed by atoms with Gasteiger partial charge in [0, 0.05) is 6.07 Å². The quantitative estimate of drug-likeness (QED) is 0.630. The second-order valence-corrected chi connectivity index (χ2v) is 3.99. The van der Waals surface area contributed by atoms with E-state index in [9.17, 15) is 10.1 Å². The minimum absolute atomic E-state index is 0.0532. The summed E-state index contributed by atoms with van der Waals surface area (Å²) >= 11 is 0. The molecule has 0 spiro atoms. The van der Waals surface area contributed by atoms with Gasteiger partial charge in [-0.2, -0.15) is 4.98 Å². The number of hydrogen-bond acceptors (Lipinski definition) is 8. The Kier molecular flexibility index (Phi) is 2.99. The molecule has 2 aromatic heterocycles. The molecule has 0 aromatic carbocycles. The summed E-state index contributed by atoms with van der Waals surface area (Å²) in [7, 11) is 0. The van der Waals surface area contributed by atoms with Gasteiger partial charge in [0.1, 0.15) is 24.8 Å². The molecule has 0 radical (unpaired) electrons. The summed E-state index contributed by atoms with van der Waals surface area (Å²) in [5.41, 5.74) is 1.23. The molecular weight excluding hydrogens is 264 g/mol. The molecule has 0 atom stereocenters. The molecule has 0 bridgehead atoms. The summed E-state index contributed by atoms with van der Waals surface area (Å²) in [6.45, 7) is 0.739. The molecule has 1 aliphatic rings. The number of rotatable bonds is 4. The highest BCUT2D eigenvalue weighted by Crippen LogP contribution is 2.31. The van der Waals surface area contributed by atoms with Crippen molar-refractivity contribution in [3.8, 4) is 5.88 Å². The van der Waals surface area contributed by atoms with Crippen LogP contribution in [0.15, 0.2) is 24.7 Å². The second kappa shape index (κ2) is 4.96. The fourth-order valence-corrected chi connectivity index (χ4v) is 1.74. The molecule has 0 aliphatic carbocycles. The van der Waals surface area contributed by atoms with Crippen molar-refractivity contribution >= 4 is 17.2 Å². The summed E-state index contributed by atoms with van der Waals surface area (Å²) < 4.78 is 5.55. The van der Waals surface area contributed by atoms with Crippen LogP contribution in [0.2, 0.25) is 0 Å². The molecule has 3 heterocycles. The fourth-order valence-electron chi connectivity index (χ4n) is 1.74. The third-order valence-corrected chi connectivity index (χ3v) is 2.71. The van der Waals surface area contributed by atoms with Gasteiger partial charge in [0.05, 0.1) is 17.3 Å². The number of nitrogens with zero attached hydrogens (tertiary/aromatic N) is 4. The third kappa shape index (κ3) is 2.28. The van der Waals surface area contributed by atoms with Crippen LogP contribution in [0.4, 0.5) is 17.2 Å². The third-order valence-electron chi connectivity index (χ3n) is 2.71. The predicted molar refractivity (Wildman–Crippen MR) is 69.4 cm³/mol. The van der Waals surface area contributed by atoms with Crippen LogP contribution in [0.25, 0.3) is 0 Å². The van der Waals surface area contributed by atoms with Crippen LogP contribution in [-0.4, -0.2) is 26.5 Å². The number of nitro groups is 1. The van der Waals surface area contributed by atoms with Crippen molar-refractivity contribution in [3.63, 3.8) is 0 Å². The molecule has 0 saturated carbocycles. The number of fused-ring (bicyclic) bond motifs is 1. The topological polar surface area (TPSA) is 115 Å². The summed E-state index contributed by atoms with van der Waals surface area (Å²) in [5.74, 6) is 1.10. The zero-order chi connectivity index (χ0) is 13.9. The Labute approximate surface area is 113 Å². The number of hydrogen-bond donors (Lipinski definition) is 2. The van der Waals surface area contributed by atoms with Gasteiger partial charge in [0.2, 0.25) is 5.88 Å². The lowest BCUT2D eigenvalue weighted by Crippen LogP contribution is -2.03. The predicted octanol–water partition coefficient (Wildman–Crippen LogP) is 1.15. The summed E-state index contributed by atoms with van der Waals surface area (Å²) in [4.78, 5) is 22.1. The van der Waals surface area contributed by atoms with Gasteiger partial charge in [-0.05, 0) is 6.07 Å². The summed E-state index contributed by atoms with van der Waals surface area (Å²) in [5, 5.41) is 16.6. The van der Waals surface area contributed by atoms with Gasteiger partial charge in [-0.15, -0.1) is 0 Å². The van der Waals surface area contributed by atoms with Crippen LogP contribution in [0.5, 0.6) is 5.88 Å². The zero-order valence-corrected chi connectivity index (χ0v) is 10.2. The molecule has 9 heteroatoms. The van der Waals surface area contributed by atoms with E-state index in [2.05, 4.69) is 25.6 Å². The van der Waals surface area contributed by atoms with Crippen molar-refractivity contribution in [1.29, 1.82) is 0 Å². The molecule has 0 amide bonds. The average Bonchev–Trinajstić information content (AvgIpc) is 2.94. The molecule has 2 N–H and O–H groups in total. The van der Waals surface area contributed by atoms with E-state index in [0.717, 1.165) is 0 Å². The number of nitrogens with one attached hydrogen (secondary N) is 2. The molecular formula is C11H10N6O3. The number of anilines is 2. The highest BCUT2D eigenvalue weighted by Gasteiger charge is 2.17. The molecule has 102 valence electrons. The molecule has 0 unspecified atom stereocenters. The average molecular weight is 274 g/mol. The van der Waals surface area contributed by atoms with Crippen molar-refractivity contribution in [2.45, 2.75) is 6.61 Å². The first-order chi connectivity index (χ1) is 9.74. The second-order valence-electron chi connectivity index (χ2n) is 3.99. The van der Waals surface area contributed by atoms with Gasteiger partial charge in [-0.1, -0.05) is 0 Å². The minimum Gasteiger partial charge on any atom is -0.470 e. The van der Waals surface area contributed by atoms with Crippen molar-refractivity contribution in [2.75, 3.05) is 17.3 Å². The molecule has 9 nitrogen and oxygen atoms in total. The zero-order valence-electron chi connectivity index (χ0n) is 10.2. The van der Waals surface area contributed by atoms with Gasteiger partial charge in [-0.3, -0.25) is 15.1 Å². The summed E-state index contributed by atoms with van der Waals surface area (Å²) in [6.07, 6.45) is 2.60. The fraction of sp³-hybridized carbons (Fsp3) is 0.182. The minimum atomic E-state index is -0.496. The van der Waals surface area contributed by atoms with Gasteiger partial charge < -0.3 is 15.4 Å². The standard InChI is InChI=1S/C11H10N6O3/c18-17(19)8-2-1-7(12-3-8)4-20-11-9-10(14-5-13-9)15-6-16-11/h1-3,6,13H,4-5H2,(H,14,15,16). The van der Waals surface area contributed by atoms with E-state index >= 15 is 0 Å². The number of ether oxygens (including phenoxy) is 1. The maximum atomic E-state index is 10.5. The Bertz CT molecular complexity index is 645. The molecule has 3 rings (SSSR count). The number of aromatic nitrogens is 3. The van der Waals surface area contributed by atoms with E-state index in [1.165, 1.54) is 18.6 Å². The van der Waals surface area contributed by atoms with E-state index in [1.807, 2.05) is 0 Å². The Balaban J connectivity index is 1.71. The van der Waals surface area contributed by atoms with Crippen molar-refractivity contribution in [2.24, 2.45) is 0 Å². The van der Waals surface area contributed by atoms with Crippen LogP contribution >= 0.6 is 0 Å². The van der Waals surface area contributed by atoms with Gasteiger partial charge >= 0.3 is 0 Å². The van der Waals surface area contributed by atoms with E-state index in [4.69, 9.17) is 4.74 Å². The van der Waals surface area contributed by atoms with Gasteiger partial charge in [0.15, 0.2) is 5.82 Å². The first-order valence-corrected chi connectivity index (χ1v) is 5.79. The Morgan fingerprint density at radius 3 is 2.95 bits per heavy atom. The molecule has 2 aromatic rings. The van der Waals surface area contributed by atoms with E-state index in [-0.39, 0.29) is 12.3 Å². The van der Waals surface area contributed by atoms with Crippen molar-refractivity contribution in [1.82, 2.24) is 15.0 Å². The van der Waals surface area contributed by atoms with E-state index in [0.29, 0.717) is 29.7 Å². The highest BCUT2D eigenvalue weighted by molar-refractivity contribution is 5.73. The molecule has 1 aliphatic heterocycles. The first-order valence-electron chi connectivity index (χ1n) is 5.79. The maximum absolute atomic E-state index is 10.5. The maximum Gasteiger partial charge on any atom is 0.287 e. The van der Waals surface area contributed by atoms with Gasteiger partial charge in [0.25, 0.3) is 5.69 Å². The van der Waals surface area contributed by atoms with Crippen LogP contribution in [0, 0.1) is 10.1 Å². The lowest BCUT2D eigenvalue weighted by molar-refractivity contribution is -0.385. The molecule has 20 heavy (non-hydrogen) atoms. The van der Waals surface area contributed by atoms with Crippen LogP contribution in [-0.2, 0) is 6.61 Å². The van der Waals surface area contributed by atoms with E-state index in [1.54, 1.807) is 6.07 Å². The van der Waals surface area contributed by atoms with Crippen molar-refractivity contribution in [3.05, 3.63) is 40.5 Å². The molecule has 0 fully saturated rings. The van der Waals surface area contributed by atoms with Crippen LogP contribution in [0.1, 0.15) is 5.69 Å². The van der Waals surface area contributed by atoms with Gasteiger partial charge in [-0.25, -0.2) is 4.98 Å². The molecule has 0 saturated heterocycles. The Morgan fingerprint density at radius 1 is 1.30 bits per heavy atom. The lowest BCUT2D eigenvalue weighted by atomic mass is 10.3. The first kappa shape index (κ1) is 12.1. The Hall–Kier alpha value is -2.97. The smallest absolute Gasteiger partial charge is 0.287 e. The summed E-state index contributed by atoms with van der Waals surface area (Å²) in [6, 6.07) is 2.93. The number of pyridine rings is 1. The monoisotopic (exact) mass is 274 g/mol. The normalized spacial score (nSPS) is 12.2. The lowest BCUT2D eigenvalue weighted by Gasteiger charge is -2.07. The largest absolute Gasteiger partial charge is 0.470 e. The van der Waals surface area contributed by atoms with Crippen LogP contribution in [0.3, 0.4) is 0 Å². The van der Waals surface area contributed by atoms with Crippen molar-refractivity contribution < 1.29 is 9.66 Å². The highest BCUT2D eigenvalue weighted by atomic mass is 16.6. The Morgan fingerprint density at radius 2 is 2.20 bits per heavy atom. The van der Waals surface area contributed by atoms with Crippen LogP contribution < -0.4 is 15.4 Å². The van der Waals surface area contributed by atoms with E-state index < -0.39 is 4.92 Å². The SMILES string of the molecule is O=[N+]([O-])c1ccc(COc2ncnc3c2NCN3)nc1.